The Kier molecular flexibility index (Phi) is 29.5. The van der Waals surface area contributed by atoms with Crippen molar-refractivity contribution in [3.63, 3.8) is 0 Å². The molecule has 4 heteroatoms. The van der Waals surface area contributed by atoms with Gasteiger partial charge in [-0.3, -0.25) is 9.59 Å². The second kappa shape index (κ2) is 32.6. The summed E-state index contributed by atoms with van der Waals surface area (Å²) >= 11 is 0. The van der Waals surface area contributed by atoms with Crippen LogP contribution in [0.3, 0.4) is 0 Å². The first-order valence-electron chi connectivity index (χ1n) is 19.4. The highest BCUT2D eigenvalue weighted by molar-refractivity contribution is 5.66. The number of aliphatic carboxylic acids is 2. The van der Waals surface area contributed by atoms with Gasteiger partial charge in [-0.1, -0.05) is 138 Å². The Bertz CT molecular complexity index is 830. The van der Waals surface area contributed by atoms with Gasteiger partial charge in [-0.25, -0.2) is 0 Å². The predicted octanol–water partition coefficient (Wildman–Crippen LogP) is 13.0. The van der Waals surface area contributed by atoms with E-state index in [0.717, 1.165) is 38.5 Å². The van der Waals surface area contributed by atoms with Crippen molar-refractivity contribution >= 4 is 11.9 Å². The number of carbonyl (C=O) groups is 2. The van der Waals surface area contributed by atoms with E-state index < -0.39 is 11.9 Å². The van der Waals surface area contributed by atoms with Crippen LogP contribution in [0.25, 0.3) is 0 Å². The average Bonchev–Trinajstić information content (AvgIpc) is 3.04. The minimum absolute atomic E-state index is 0.319. The fraction of sp³-hybridized carbons (Fsp3) is 0.714. The summed E-state index contributed by atoms with van der Waals surface area (Å²) in [6.07, 6.45) is 44.4. The Balaban J connectivity index is 1.92. The Morgan fingerprint density at radius 1 is 0.391 bits per heavy atom. The third-order valence-corrected chi connectivity index (χ3v) is 9.11. The van der Waals surface area contributed by atoms with Gasteiger partial charge < -0.3 is 10.2 Å². The van der Waals surface area contributed by atoms with E-state index in [-0.39, 0.29) is 0 Å². The fourth-order valence-electron chi connectivity index (χ4n) is 6.22. The molecule has 0 bridgehead atoms. The van der Waals surface area contributed by atoms with Crippen LogP contribution in [-0.4, -0.2) is 22.2 Å². The maximum Gasteiger partial charge on any atom is 0.303 e. The van der Waals surface area contributed by atoms with E-state index in [1.807, 2.05) is 0 Å². The van der Waals surface area contributed by atoms with Crippen LogP contribution < -0.4 is 0 Å². The summed E-state index contributed by atoms with van der Waals surface area (Å²) in [5.41, 5.74) is 3.16. The Hall–Kier alpha value is -2.36. The van der Waals surface area contributed by atoms with Crippen LogP contribution in [0.15, 0.2) is 48.6 Å². The molecule has 1 rings (SSSR count). The van der Waals surface area contributed by atoms with Crippen LogP contribution in [0.5, 0.6) is 0 Å². The first-order valence-corrected chi connectivity index (χ1v) is 19.4. The van der Waals surface area contributed by atoms with Gasteiger partial charge in [0.1, 0.15) is 0 Å². The molecule has 0 fully saturated rings. The summed E-state index contributed by atoms with van der Waals surface area (Å²) in [5, 5.41) is 17.3. The lowest BCUT2D eigenvalue weighted by Gasteiger charge is -2.10. The van der Waals surface area contributed by atoms with Crippen molar-refractivity contribution in [2.45, 2.75) is 193 Å². The van der Waals surface area contributed by atoms with E-state index in [1.165, 1.54) is 141 Å². The molecule has 262 valence electrons. The third kappa shape index (κ3) is 29.1. The molecule has 0 heterocycles. The molecule has 46 heavy (non-hydrogen) atoms. The van der Waals surface area contributed by atoms with Crippen LogP contribution >= 0.6 is 0 Å². The molecule has 0 unspecified atom stereocenters. The molecular formula is C42H70O4. The van der Waals surface area contributed by atoms with E-state index in [4.69, 9.17) is 10.2 Å². The van der Waals surface area contributed by atoms with Gasteiger partial charge in [0.15, 0.2) is 0 Å². The third-order valence-electron chi connectivity index (χ3n) is 9.11. The average molecular weight is 639 g/mol. The van der Waals surface area contributed by atoms with Crippen LogP contribution in [0, 0.1) is 0 Å². The summed E-state index contributed by atoms with van der Waals surface area (Å²) in [6.45, 7) is 0. The Morgan fingerprint density at radius 3 is 0.957 bits per heavy atom. The van der Waals surface area contributed by atoms with E-state index in [9.17, 15) is 9.59 Å². The molecule has 0 atom stereocenters. The number of hydrogen-bond acceptors (Lipinski definition) is 2. The molecular weight excluding hydrogens is 568 g/mol. The molecule has 0 aliphatic carbocycles. The van der Waals surface area contributed by atoms with E-state index in [1.54, 1.807) is 11.1 Å². The van der Waals surface area contributed by atoms with E-state index in [2.05, 4.69) is 48.6 Å². The molecule has 0 saturated heterocycles. The van der Waals surface area contributed by atoms with Gasteiger partial charge in [-0.2, -0.15) is 0 Å². The zero-order valence-corrected chi connectivity index (χ0v) is 29.5. The molecule has 2 N–H and O–H groups in total. The highest BCUT2D eigenvalue weighted by Crippen LogP contribution is 2.18. The molecule has 0 aliphatic rings. The second-order valence-electron chi connectivity index (χ2n) is 13.4. The van der Waals surface area contributed by atoms with Crippen molar-refractivity contribution in [3.05, 3.63) is 59.7 Å². The van der Waals surface area contributed by atoms with Crippen LogP contribution in [0.1, 0.15) is 191 Å². The molecule has 0 saturated carbocycles. The number of allylic oxidation sites excluding steroid dienone is 4. The van der Waals surface area contributed by atoms with Crippen molar-refractivity contribution < 1.29 is 19.8 Å². The van der Waals surface area contributed by atoms with Crippen LogP contribution in [-0.2, 0) is 22.4 Å². The highest BCUT2D eigenvalue weighted by atomic mass is 16.4. The van der Waals surface area contributed by atoms with Crippen molar-refractivity contribution in [2.75, 3.05) is 0 Å². The van der Waals surface area contributed by atoms with Crippen molar-refractivity contribution in [1.29, 1.82) is 0 Å². The summed E-state index contributed by atoms with van der Waals surface area (Å²) in [5.74, 6) is -1.34. The standard InChI is InChI=1S/C42H70O4/c43-41(44)37-29-25-21-17-13-9-5-1-3-7-11-15-19-23-27-33-39-35-31-32-36-40(39)34-28-24-20-16-12-8-4-2-6-10-14-18-22-26-30-38-42(45)46/h1-2,5-6,31-32,35-36H,3-4,7-30,33-34,37-38H2,(H,43,44)(H,45,46)/b5-1-,6-2-. The van der Waals surface area contributed by atoms with Gasteiger partial charge in [0.05, 0.1) is 0 Å². The van der Waals surface area contributed by atoms with Gasteiger partial charge >= 0.3 is 11.9 Å². The maximum absolute atomic E-state index is 10.5. The van der Waals surface area contributed by atoms with Gasteiger partial charge in [-0.05, 0) is 101 Å². The summed E-state index contributed by atoms with van der Waals surface area (Å²) < 4.78 is 0. The molecule has 1 aromatic rings. The van der Waals surface area contributed by atoms with Crippen molar-refractivity contribution in [2.24, 2.45) is 0 Å². The first-order chi connectivity index (χ1) is 22.6. The lowest BCUT2D eigenvalue weighted by atomic mass is 9.96. The molecule has 0 aliphatic heterocycles. The zero-order valence-electron chi connectivity index (χ0n) is 29.5. The first kappa shape index (κ1) is 41.7. The Morgan fingerprint density at radius 2 is 0.652 bits per heavy atom. The largest absolute Gasteiger partial charge is 0.481 e. The van der Waals surface area contributed by atoms with Crippen LogP contribution in [0.2, 0.25) is 0 Å². The Labute approximate surface area is 283 Å². The molecule has 0 amide bonds. The van der Waals surface area contributed by atoms with Crippen LogP contribution in [0.4, 0.5) is 0 Å². The lowest BCUT2D eigenvalue weighted by molar-refractivity contribution is -0.138. The quantitative estimate of drug-likeness (QED) is 0.0582. The molecule has 0 spiro atoms. The lowest BCUT2D eigenvalue weighted by Crippen LogP contribution is -1.95. The minimum atomic E-state index is -0.670. The highest BCUT2D eigenvalue weighted by Gasteiger charge is 2.03. The number of carboxylic acid groups (broad SMARTS) is 2. The number of unbranched alkanes of at least 4 members (excludes halogenated alkanes) is 22. The second-order valence-corrected chi connectivity index (χ2v) is 13.4. The SMILES string of the molecule is O=C(O)CCCCCCC/C=C\CCCCCCCCc1ccccc1CCCCCCCC/C=C\CCCCCCCC(=O)O. The fourth-order valence-corrected chi connectivity index (χ4v) is 6.22. The number of carboxylic acids is 2. The topological polar surface area (TPSA) is 74.6 Å². The van der Waals surface area contributed by atoms with Gasteiger partial charge in [0.25, 0.3) is 0 Å². The summed E-state index contributed by atoms with van der Waals surface area (Å²) in [6, 6.07) is 9.15. The maximum atomic E-state index is 10.5. The summed E-state index contributed by atoms with van der Waals surface area (Å²) in [4.78, 5) is 21.0. The van der Waals surface area contributed by atoms with Crippen molar-refractivity contribution in [1.82, 2.24) is 0 Å². The molecule has 0 radical (unpaired) electrons. The van der Waals surface area contributed by atoms with E-state index >= 15 is 0 Å². The number of hydrogen-bond donors (Lipinski definition) is 2. The number of aryl methyl sites for hydroxylation is 2. The van der Waals surface area contributed by atoms with Gasteiger partial charge in [-0.15, -0.1) is 0 Å². The minimum Gasteiger partial charge on any atom is -0.481 e. The molecule has 0 aromatic heterocycles. The molecule has 1 aromatic carbocycles. The van der Waals surface area contributed by atoms with Gasteiger partial charge in [0.2, 0.25) is 0 Å². The number of rotatable bonds is 34. The van der Waals surface area contributed by atoms with E-state index in [0.29, 0.717) is 12.8 Å². The normalized spacial score (nSPS) is 11.7. The molecule has 4 nitrogen and oxygen atoms in total. The van der Waals surface area contributed by atoms with Crippen molar-refractivity contribution in [3.8, 4) is 0 Å². The predicted molar refractivity (Wildman–Crippen MR) is 197 cm³/mol. The van der Waals surface area contributed by atoms with Gasteiger partial charge in [0, 0.05) is 12.8 Å². The number of benzene rings is 1. The summed E-state index contributed by atoms with van der Waals surface area (Å²) in [7, 11) is 0. The zero-order chi connectivity index (χ0) is 33.2. The smallest absolute Gasteiger partial charge is 0.303 e. The monoisotopic (exact) mass is 639 g/mol.